The second-order valence-electron chi connectivity index (χ2n) is 5.76. The maximum Gasteiger partial charge on any atom is 0.253 e. The first-order chi connectivity index (χ1) is 13.3. The summed E-state index contributed by atoms with van der Waals surface area (Å²) in [4.78, 5) is 16.3. The molecule has 10 heteroatoms. The van der Waals surface area contributed by atoms with Crippen molar-refractivity contribution in [3.05, 3.63) is 81.1 Å². The van der Waals surface area contributed by atoms with Gasteiger partial charge in [0, 0.05) is 24.7 Å². The third kappa shape index (κ3) is 4.59. The summed E-state index contributed by atoms with van der Waals surface area (Å²) in [5.41, 5.74) is 0.629. The zero-order valence-corrected chi connectivity index (χ0v) is 16.6. The zero-order valence-electron chi connectivity index (χ0n) is 14.3. The molecule has 0 radical (unpaired) electrons. The Morgan fingerprint density at radius 2 is 1.82 bits per heavy atom. The fourth-order valence-corrected chi connectivity index (χ4v) is 4.22. The van der Waals surface area contributed by atoms with E-state index >= 15 is 0 Å². The van der Waals surface area contributed by atoms with Gasteiger partial charge in [-0.25, -0.2) is 22.5 Å². The average molecular weight is 442 g/mol. The molecule has 0 aliphatic carbocycles. The van der Waals surface area contributed by atoms with Gasteiger partial charge in [-0.1, -0.05) is 29.3 Å². The Balaban J connectivity index is 1.70. The van der Waals surface area contributed by atoms with E-state index in [1.807, 2.05) is 0 Å². The molecule has 6 nitrogen and oxygen atoms in total. The Labute approximate surface area is 170 Å². The van der Waals surface area contributed by atoms with Crippen molar-refractivity contribution in [3.8, 4) is 11.3 Å². The maximum atomic E-state index is 13.0. The summed E-state index contributed by atoms with van der Waals surface area (Å²) in [5, 5.41) is 0.0560. The Hall–Kier alpha value is -2.26. The summed E-state index contributed by atoms with van der Waals surface area (Å²) >= 11 is 11.8. The van der Waals surface area contributed by atoms with E-state index in [4.69, 9.17) is 23.2 Å². The van der Waals surface area contributed by atoms with Crippen LogP contribution in [0.1, 0.15) is 0 Å². The molecule has 0 unspecified atom stereocenters. The highest BCUT2D eigenvalue weighted by atomic mass is 35.5. The first-order valence-electron chi connectivity index (χ1n) is 8.04. The molecule has 0 bridgehead atoms. The Kier molecular flexibility index (Phi) is 6.14. The molecular weight excluding hydrogens is 428 g/mol. The molecule has 3 rings (SSSR count). The molecule has 3 aromatic rings. The number of aromatic nitrogens is 2. The molecular formula is C18H14Cl2FN3O3S. The van der Waals surface area contributed by atoms with Crippen molar-refractivity contribution in [2.45, 2.75) is 11.4 Å². The van der Waals surface area contributed by atoms with E-state index in [1.165, 1.54) is 59.4 Å². The van der Waals surface area contributed by atoms with Crippen molar-refractivity contribution in [2.75, 3.05) is 6.54 Å². The van der Waals surface area contributed by atoms with Crippen LogP contribution in [0.25, 0.3) is 11.3 Å². The molecule has 0 fully saturated rings. The van der Waals surface area contributed by atoms with Crippen LogP contribution in [-0.4, -0.2) is 24.5 Å². The molecule has 146 valence electrons. The predicted octanol–water partition coefficient (Wildman–Crippen LogP) is 3.33. The lowest BCUT2D eigenvalue weighted by Gasteiger charge is -2.10. The monoisotopic (exact) mass is 441 g/mol. The second-order valence-corrected chi connectivity index (χ2v) is 8.28. The summed E-state index contributed by atoms with van der Waals surface area (Å²) in [6.07, 6.45) is 1.31. The lowest BCUT2D eigenvalue weighted by atomic mass is 10.1. The molecule has 0 atom stereocenters. The summed E-state index contributed by atoms with van der Waals surface area (Å²) in [5.74, 6) is -0.385. The largest absolute Gasteiger partial charge is 0.298 e. The van der Waals surface area contributed by atoms with Crippen LogP contribution in [0.5, 0.6) is 0 Å². The van der Waals surface area contributed by atoms with Gasteiger partial charge in [0.05, 0.1) is 22.1 Å². The maximum absolute atomic E-state index is 13.0. The van der Waals surface area contributed by atoms with Gasteiger partial charge >= 0.3 is 0 Å². The quantitative estimate of drug-likeness (QED) is 0.635. The average Bonchev–Trinajstić information content (AvgIpc) is 2.65. The highest BCUT2D eigenvalue weighted by Gasteiger charge is 2.19. The number of sulfonamides is 1. The number of hydrogen-bond donors (Lipinski definition) is 1. The summed E-state index contributed by atoms with van der Waals surface area (Å²) in [7, 11) is -3.89. The molecule has 0 saturated heterocycles. The lowest BCUT2D eigenvalue weighted by molar-refractivity contribution is 0.569. The van der Waals surface area contributed by atoms with Crippen LogP contribution in [-0.2, 0) is 16.6 Å². The van der Waals surface area contributed by atoms with E-state index in [1.54, 1.807) is 0 Å². The fraction of sp³-hybridized carbons (Fsp3) is 0.111. The number of benzene rings is 2. The summed E-state index contributed by atoms with van der Waals surface area (Å²) in [6, 6.07) is 11.2. The van der Waals surface area contributed by atoms with Crippen molar-refractivity contribution >= 4 is 33.2 Å². The topological polar surface area (TPSA) is 81.1 Å². The zero-order chi connectivity index (χ0) is 20.3. The van der Waals surface area contributed by atoms with Crippen LogP contribution in [0.4, 0.5) is 4.39 Å². The van der Waals surface area contributed by atoms with Gasteiger partial charge in [0.1, 0.15) is 10.7 Å². The van der Waals surface area contributed by atoms with Crippen LogP contribution >= 0.6 is 23.2 Å². The predicted molar refractivity (Wildman–Crippen MR) is 106 cm³/mol. The fourth-order valence-electron chi connectivity index (χ4n) is 2.44. The SMILES string of the molecule is O=c1cc(-c2ccc(F)cc2)ncn1CCNS(=O)(=O)c1cccc(Cl)c1Cl. The van der Waals surface area contributed by atoms with Crippen molar-refractivity contribution in [2.24, 2.45) is 0 Å². The Bertz CT molecular complexity index is 1170. The van der Waals surface area contributed by atoms with E-state index in [2.05, 4.69) is 9.71 Å². The number of hydrogen-bond acceptors (Lipinski definition) is 4. The van der Waals surface area contributed by atoms with Gasteiger partial charge in [0.25, 0.3) is 5.56 Å². The lowest BCUT2D eigenvalue weighted by Crippen LogP contribution is -2.31. The summed E-state index contributed by atoms with van der Waals surface area (Å²) < 4.78 is 41.3. The van der Waals surface area contributed by atoms with E-state index < -0.39 is 10.0 Å². The molecule has 1 heterocycles. The highest BCUT2D eigenvalue weighted by Crippen LogP contribution is 2.28. The van der Waals surface area contributed by atoms with E-state index in [-0.39, 0.29) is 39.4 Å². The number of halogens is 3. The Morgan fingerprint density at radius 1 is 1.11 bits per heavy atom. The minimum Gasteiger partial charge on any atom is -0.298 e. The first kappa shape index (κ1) is 20.5. The van der Waals surface area contributed by atoms with Crippen LogP contribution in [0.2, 0.25) is 10.0 Å². The Morgan fingerprint density at radius 3 is 2.50 bits per heavy atom. The highest BCUT2D eigenvalue weighted by molar-refractivity contribution is 7.89. The van der Waals surface area contributed by atoms with E-state index in [0.29, 0.717) is 11.3 Å². The smallest absolute Gasteiger partial charge is 0.253 e. The van der Waals surface area contributed by atoms with Gasteiger partial charge in [-0.15, -0.1) is 0 Å². The van der Waals surface area contributed by atoms with Crippen LogP contribution < -0.4 is 10.3 Å². The third-order valence-corrected chi connectivity index (χ3v) is 6.30. The van der Waals surface area contributed by atoms with Crippen LogP contribution in [0.15, 0.2) is 64.5 Å². The minimum absolute atomic E-state index is 0.0529. The summed E-state index contributed by atoms with van der Waals surface area (Å²) in [6.45, 7) is 0.00953. The molecule has 0 spiro atoms. The molecule has 0 amide bonds. The first-order valence-corrected chi connectivity index (χ1v) is 10.3. The number of nitrogens with zero attached hydrogens (tertiary/aromatic N) is 2. The minimum atomic E-state index is -3.89. The molecule has 1 aromatic heterocycles. The second kappa shape index (κ2) is 8.40. The van der Waals surface area contributed by atoms with Gasteiger partial charge in [-0.05, 0) is 36.4 Å². The van der Waals surface area contributed by atoms with Gasteiger partial charge in [-0.2, -0.15) is 0 Å². The molecule has 0 saturated carbocycles. The van der Waals surface area contributed by atoms with Gasteiger partial charge in [0.15, 0.2) is 0 Å². The molecule has 0 aliphatic heterocycles. The van der Waals surface area contributed by atoms with Crippen LogP contribution in [0, 0.1) is 5.82 Å². The van der Waals surface area contributed by atoms with Gasteiger partial charge in [-0.3, -0.25) is 9.36 Å². The van der Waals surface area contributed by atoms with Crippen molar-refractivity contribution in [3.63, 3.8) is 0 Å². The molecule has 2 aromatic carbocycles. The van der Waals surface area contributed by atoms with Crippen molar-refractivity contribution in [1.82, 2.24) is 14.3 Å². The van der Waals surface area contributed by atoms with Crippen molar-refractivity contribution in [1.29, 1.82) is 0 Å². The number of nitrogens with one attached hydrogen (secondary N) is 1. The van der Waals surface area contributed by atoms with Gasteiger partial charge < -0.3 is 0 Å². The van der Waals surface area contributed by atoms with E-state index in [0.717, 1.165) is 0 Å². The van der Waals surface area contributed by atoms with Crippen LogP contribution in [0.3, 0.4) is 0 Å². The molecule has 0 aliphatic rings. The van der Waals surface area contributed by atoms with Gasteiger partial charge in [0.2, 0.25) is 10.0 Å². The van der Waals surface area contributed by atoms with Crippen molar-refractivity contribution < 1.29 is 12.8 Å². The third-order valence-electron chi connectivity index (χ3n) is 3.87. The molecule has 1 N–H and O–H groups in total. The standard InChI is InChI=1S/C18H14Cl2FN3O3S/c19-14-2-1-3-16(18(14)20)28(26,27)23-8-9-24-11-22-15(10-17(24)25)12-4-6-13(21)7-5-12/h1-7,10-11,23H,8-9H2. The van der Waals surface area contributed by atoms with E-state index in [9.17, 15) is 17.6 Å². The molecule has 28 heavy (non-hydrogen) atoms. The number of rotatable bonds is 6. The normalized spacial score (nSPS) is 11.5.